The van der Waals surface area contributed by atoms with Crippen molar-refractivity contribution in [3.63, 3.8) is 0 Å². The van der Waals surface area contributed by atoms with Crippen molar-refractivity contribution in [3.05, 3.63) is 12.3 Å². The molecule has 0 radical (unpaired) electrons. The molecular formula is C6H5NO2S. The van der Waals surface area contributed by atoms with Crippen LogP contribution in [0.15, 0.2) is 12.3 Å². The minimum Gasteiger partial charge on any atom is -0.305 e. The number of carbonyl (C=O) groups is 2. The van der Waals surface area contributed by atoms with E-state index in [-0.39, 0.29) is 16.4 Å². The van der Waals surface area contributed by atoms with Crippen LogP contribution in [-0.2, 0) is 9.59 Å². The van der Waals surface area contributed by atoms with E-state index >= 15 is 0 Å². The number of hydrogen-bond donors (Lipinski definition) is 0. The van der Waals surface area contributed by atoms with Gasteiger partial charge in [-0.1, -0.05) is 11.8 Å². The van der Waals surface area contributed by atoms with Crippen LogP contribution in [-0.4, -0.2) is 21.3 Å². The molecule has 0 aromatic heterocycles. The topological polar surface area (TPSA) is 37.4 Å². The molecule has 2 rings (SSSR count). The molecule has 0 bridgehead atoms. The van der Waals surface area contributed by atoms with Crippen LogP contribution < -0.4 is 0 Å². The van der Waals surface area contributed by atoms with Gasteiger partial charge in [-0.25, -0.2) is 0 Å². The van der Waals surface area contributed by atoms with Crippen molar-refractivity contribution >= 4 is 22.8 Å². The second-order valence-corrected chi connectivity index (χ2v) is 3.39. The summed E-state index contributed by atoms with van der Waals surface area (Å²) in [7, 11) is 0. The molecule has 0 aromatic rings. The highest BCUT2D eigenvalue weighted by atomic mass is 32.2. The number of β-lactam (4-membered cyclic amide) rings is 1. The molecule has 0 aliphatic carbocycles. The van der Waals surface area contributed by atoms with E-state index in [4.69, 9.17) is 0 Å². The van der Waals surface area contributed by atoms with Gasteiger partial charge < -0.3 is 4.90 Å². The Morgan fingerprint density at radius 2 is 2.40 bits per heavy atom. The van der Waals surface area contributed by atoms with E-state index in [2.05, 4.69) is 0 Å². The third-order valence-electron chi connectivity index (χ3n) is 1.57. The van der Waals surface area contributed by atoms with Crippen LogP contribution in [0.1, 0.15) is 6.42 Å². The Bertz CT molecular complexity index is 236. The third-order valence-corrected chi connectivity index (χ3v) is 2.61. The molecule has 2 aliphatic heterocycles. The lowest BCUT2D eigenvalue weighted by Gasteiger charge is -2.38. The van der Waals surface area contributed by atoms with Gasteiger partial charge in [-0.2, -0.15) is 0 Å². The Morgan fingerprint density at radius 3 is 3.00 bits per heavy atom. The van der Waals surface area contributed by atoms with Crippen molar-refractivity contribution in [2.75, 3.05) is 0 Å². The molecule has 2 aliphatic rings. The molecule has 4 heteroatoms. The summed E-state index contributed by atoms with van der Waals surface area (Å²) in [6, 6.07) is 0. The first-order chi connectivity index (χ1) is 4.77. The predicted molar refractivity (Wildman–Crippen MR) is 37.0 cm³/mol. The fraction of sp³-hybridized carbons (Fsp3) is 0.333. The predicted octanol–water partition coefficient (Wildman–Crippen LogP) is 0.332. The number of amides is 1. The lowest BCUT2D eigenvalue weighted by atomic mass is 10.2. The summed E-state index contributed by atoms with van der Waals surface area (Å²) in [4.78, 5) is 23.0. The molecule has 0 unspecified atom stereocenters. The average Bonchev–Trinajstić information content (AvgIpc) is 1.86. The largest absolute Gasteiger partial charge is 0.305 e. The second-order valence-electron chi connectivity index (χ2n) is 2.21. The number of rotatable bonds is 0. The molecule has 10 heavy (non-hydrogen) atoms. The molecule has 2 heterocycles. The number of thioether (sulfide) groups is 1. The zero-order chi connectivity index (χ0) is 7.14. The Kier molecular flexibility index (Phi) is 1.11. The normalized spacial score (nSPS) is 30.0. The van der Waals surface area contributed by atoms with Crippen LogP contribution >= 0.6 is 11.8 Å². The SMILES string of the molecule is O=C1C=CN2C(=O)C[C@@H]2S1. The minimum atomic E-state index is 0.0498. The molecule has 0 aromatic carbocycles. The van der Waals surface area contributed by atoms with Gasteiger partial charge in [0, 0.05) is 12.3 Å². The molecule has 1 fully saturated rings. The van der Waals surface area contributed by atoms with E-state index in [1.807, 2.05) is 0 Å². The summed E-state index contributed by atoms with van der Waals surface area (Å²) in [6.45, 7) is 0. The van der Waals surface area contributed by atoms with Gasteiger partial charge in [0.1, 0.15) is 0 Å². The standard InChI is InChI=1S/C6H5NO2S/c8-4-3-5-7(4)2-1-6(9)10-5/h1-2,5H,3H2/t5-/m0/s1. The zero-order valence-electron chi connectivity index (χ0n) is 5.11. The van der Waals surface area contributed by atoms with E-state index in [1.165, 1.54) is 17.8 Å². The molecule has 3 nitrogen and oxygen atoms in total. The van der Waals surface area contributed by atoms with Crippen molar-refractivity contribution in [1.29, 1.82) is 0 Å². The van der Waals surface area contributed by atoms with E-state index in [1.54, 1.807) is 11.1 Å². The number of nitrogens with zero attached hydrogens (tertiary/aromatic N) is 1. The van der Waals surface area contributed by atoms with Gasteiger partial charge in [0.15, 0.2) is 0 Å². The molecule has 1 amide bonds. The Morgan fingerprint density at radius 1 is 1.60 bits per heavy atom. The average molecular weight is 155 g/mol. The first-order valence-electron chi connectivity index (χ1n) is 2.97. The van der Waals surface area contributed by atoms with Crippen LogP contribution in [0.3, 0.4) is 0 Å². The van der Waals surface area contributed by atoms with Crippen LogP contribution in [0.5, 0.6) is 0 Å². The van der Waals surface area contributed by atoms with Crippen molar-refractivity contribution in [2.45, 2.75) is 11.8 Å². The fourth-order valence-electron chi connectivity index (χ4n) is 0.993. The van der Waals surface area contributed by atoms with Crippen molar-refractivity contribution in [1.82, 2.24) is 4.90 Å². The highest BCUT2D eigenvalue weighted by molar-refractivity contribution is 8.14. The second kappa shape index (κ2) is 1.85. The van der Waals surface area contributed by atoms with Crippen molar-refractivity contribution in [3.8, 4) is 0 Å². The number of fused-ring (bicyclic) bond motifs is 1. The Labute approximate surface area is 62.1 Å². The summed E-state index contributed by atoms with van der Waals surface area (Å²) in [6.07, 6.45) is 3.51. The molecule has 1 atom stereocenters. The first kappa shape index (κ1) is 5.97. The smallest absolute Gasteiger partial charge is 0.230 e. The van der Waals surface area contributed by atoms with Crippen molar-refractivity contribution in [2.24, 2.45) is 0 Å². The summed E-state index contributed by atoms with van der Waals surface area (Å²) in [5.74, 6) is 0.112. The highest BCUT2D eigenvalue weighted by Gasteiger charge is 2.38. The summed E-state index contributed by atoms with van der Waals surface area (Å²) in [5, 5.41) is 0.152. The monoisotopic (exact) mass is 155 g/mol. The number of carbonyl (C=O) groups excluding carboxylic acids is 2. The zero-order valence-corrected chi connectivity index (χ0v) is 5.93. The maximum Gasteiger partial charge on any atom is 0.230 e. The number of hydrogen-bond acceptors (Lipinski definition) is 3. The molecule has 1 saturated heterocycles. The van der Waals surface area contributed by atoms with Gasteiger partial charge in [-0.15, -0.1) is 0 Å². The van der Waals surface area contributed by atoms with Gasteiger partial charge in [0.05, 0.1) is 11.8 Å². The summed E-state index contributed by atoms with van der Waals surface area (Å²) < 4.78 is 0. The Balaban J connectivity index is 2.21. The molecule has 0 spiro atoms. The van der Waals surface area contributed by atoms with Gasteiger partial charge in [0.25, 0.3) is 0 Å². The molecular weight excluding hydrogens is 150 g/mol. The molecule has 0 N–H and O–H groups in total. The quantitative estimate of drug-likeness (QED) is 0.473. The van der Waals surface area contributed by atoms with E-state index in [9.17, 15) is 9.59 Å². The van der Waals surface area contributed by atoms with E-state index in [0.717, 1.165) is 0 Å². The maximum absolute atomic E-state index is 10.7. The van der Waals surface area contributed by atoms with Gasteiger partial charge in [0.2, 0.25) is 11.0 Å². The minimum absolute atomic E-state index is 0.0498. The van der Waals surface area contributed by atoms with E-state index in [0.29, 0.717) is 6.42 Å². The fourth-order valence-corrected chi connectivity index (χ4v) is 1.93. The van der Waals surface area contributed by atoms with Crippen LogP contribution in [0.4, 0.5) is 0 Å². The van der Waals surface area contributed by atoms with Crippen molar-refractivity contribution < 1.29 is 9.59 Å². The lowest BCUT2D eigenvalue weighted by molar-refractivity contribution is -0.137. The van der Waals surface area contributed by atoms with Gasteiger partial charge >= 0.3 is 0 Å². The van der Waals surface area contributed by atoms with Crippen LogP contribution in [0.25, 0.3) is 0 Å². The lowest BCUT2D eigenvalue weighted by Crippen LogP contribution is -2.48. The molecule has 52 valence electrons. The van der Waals surface area contributed by atoms with E-state index < -0.39 is 0 Å². The first-order valence-corrected chi connectivity index (χ1v) is 3.85. The third kappa shape index (κ3) is 0.686. The van der Waals surface area contributed by atoms with Gasteiger partial charge in [-0.05, 0) is 0 Å². The molecule has 0 saturated carbocycles. The highest BCUT2D eigenvalue weighted by Crippen LogP contribution is 2.33. The maximum atomic E-state index is 10.7. The van der Waals surface area contributed by atoms with Crippen LogP contribution in [0.2, 0.25) is 0 Å². The summed E-state index contributed by atoms with van der Waals surface area (Å²) >= 11 is 1.22. The van der Waals surface area contributed by atoms with Crippen LogP contribution in [0, 0.1) is 0 Å². The van der Waals surface area contributed by atoms with Gasteiger partial charge in [-0.3, -0.25) is 9.59 Å². The summed E-state index contributed by atoms with van der Waals surface area (Å²) in [5.41, 5.74) is 0. The Hall–Kier alpha value is -0.770.